The molecule has 4 nitrogen and oxygen atoms in total. The molecule has 0 saturated heterocycles. The molecule has 0 aliphatic heterocycles. The van der Waals surface area contributed by atoms with Gasteiger partial charge in [0.15, 0.2) is 0 Å². The molecule has 0 aliphatic rings. The first kappa shape index (κ1) is 11.8. The standard InChI is InChI=1S/C2F2O4.Ca.2H/c3-7-1(5)2(6)8-4;;;/q;+2;2*-1. The van der Waals surface area contributed by atoms with E-state index in [1.165, 1.54) is 0 Å². The normalized spacial score (nSPS) is 6.89. The van der Waals surface area contributed by atoms with Crippen LogP contribution in [0, 0.1) is 0 Å². The van der Waals surface area contributed by atoms with Gasteiger partial charge in [0.05, 0.1) is 0 Å². The molecule has 9 heavy (non-hydrogen) atoms. The van der Waals surface area contributed by atoms with Crippen molar-refractivity contribution in [2.24, 2.45) is 0 Å². The maximum atomic E-state index is 10.5. The second kappa shape index (κ2) is 6.18. The summed E-state index contributed by atoms with van der Waals surface area (Å²) < 4.78 is 21.0. The van der Waals surface area contributed by atoms with Gasteiger partial charge in [-0.2, -0.15) is 0 Å². The molecule has 0 saturated carbocycles. The van der Waals surface area contributed by atoms with Gasteiger partial charge in [-0.05, 0) is 0 Å². The van der Waals surface area contributed by atoms with E-state index in [1.54, 1.807) is 0 Å². The first-order valence-corrected chi connectivity index (χ1v) is 1.38. The summed E-state index contributed by atoms with van der Waals surface area (Å²) in [6, 6.07) is 0. The summed E-state index contributed by atoms with van der Waals surface area (Å²) in [6.07, 6.45) is 0. The molecule has 0 unspecified atom stereocenters. The monoisotopic (exact) mass is 168 g/mol. The van der Waals surface area contributed by atoms with Gasteiger partial charge in [-0.25, -0.2) is 19.5 Å². The third-order valence-corrected chi connectivity index (χ3v) is 0.307. The molecular formula is C2H2CaF2O4. The molecule has 0 bridgehead atoms. The second-order valence-electron chi connectivity index (χ2n) is 0.729. The van der Waals surface area contributed by atoms with Gasteiger partial charge in [-0.15, -0.1) is 0 Å². The smallest absolute Gasteiger partial charge is 1.00 e. The van der Waals surface area contributed by atoms with Crippen molar-refractivity contribution in [1.29, 1.82) is 0 Å². The van der Waals surface area contributed by atoms with Crippen LogP contribution >= 0.6 is 0 Å². The molecule has 0 aromatic carbocycles. The third-order valence-electron chi connectivity index (χ3n) is 0.307. The van der Waals surface area contributed by atoms with Crippen LogP contribution in [0.1, 0.15) is 2.85 Å². The fourth-order valence-corrected chi connectivity index (χ4v) is 0.0630. The van der Waals surface area contributed by atoms with Crippen molar-refractivity contribution in [2.45, 2.75) is 0 Å². The zero-order valence-corrected chi connectivity index (χ0v) is 6.30. The van der Waals surface area contributed by atoms with Crippen molar-refractivity contribution in [3.63, 3.8) is 0 Å². The van der Waals surface area contributed by atoms with Crippen molar-refractivity contribution in [1.82, 2.24) is 0 Å². The van der Waals surface area contributed by atoms with Gasteiger partial charge >= 0.3 is 49.7 Å². The molecule has 0 heterocycles. The Balaban J connectivity index is -0.0000000817. The second-order valence-corrected chi connectivity index (χ2v) is 0.729. The van der Waals surface area contributed by atoms with Crippen LogP contribution in [0.2, 0.25) is 0 Å². The van der Waals surface area contributed by atoms with Crippen LogP contribution in [0.4, 0.5) is 9.05 Å². The minimum Gasteiger partial charge on any atom is -1.00 e. The minimum atomic E-state index is -2.02. The molecule has 50 valence electrons. The quantitative estimate of drug-likeness (QED) is 0.367. The summed E-state index contributed by atoms with van der Waals surface area (Å²) >= 11 is 0. The Morgan fingerprint density at radius 1 is 1.11 bits per heavy atom. The van der Waals surface area contributed by atoms with Crippen LogP contribution in [-0.2, 0) is 19.5 Å². The topological polar surface area (TPSA) is 52.6 Å². The summed E-state index contributed by atoms with van der Waals surface area (Å²) in [5.41, 5.74) is 0. The number of carbonyl (C=O) groups is 2. The van der Waals surface area contributed by atoms with E-state index < -0.39 is 11.9 Å². The van der Waals surface area contributed by atoms with Crippen LogP contribution in [0.3, 0.4) is 0 Å². The molecule has 0 fully saturated rings. The van der Waals surface area contributed by atoms with E-state index in [1.807, 2.05) is 0 Å². The van der Waals surface area contributed by atoms with Crippen molar-refractivity contribution in [3.05, 3.63) is 0 Å². The Morgan fingerprint density at radius 2 is 1.33 bits per heavy atom. The van der Waals surface area contributed by atoms with Crippen LogP contribution in [-0.4, -0.2) is 49.7 Å². The van der Waals surface area contributed by atoms with Gasteiger partial charge in [0.1, 0.15) is 0 Å². The van der Waals surface area contributed by atoms with E-state index >= 15 is 0 Å². The van der Waals surface area contributed by atoms with Gasteiger partial charge in [-0.3, -0.25) is 0 Å². The van der Waals surface area contributed by atoms with E-state index in [9.17, 15) is 18.6 Å². The largest absolute Gasteiger partial charge is 2.00 e. The molecular weight excluding hydrogens is 166 g/mol. The first-order valence-electron chi connectivity index (χ1n) is 1.38. The van der Waals surface area contributed by atoms with Crippen LogP contribution in [0.15, 0.2) is 0 Å². The SMILES string of the molecule is O=C(OF)C(=O)OF.[Ca+2].[H-].[H-]. The molecule has 0 N–H and O–H groups in total. The van der Waals surface area contributed by atoms with Crippen molar-refractivity contribution in [2.75, 3.05) is 0 Å². The molecule has 0 aliphatic carbocycles. The number of hydrogen-bond acceptors (Lipinski definition) is 4. The average Bonchev–Trinajstić information content (AvgIpc) is 1.84. The van der Waals surface area contributed by atoms with E-state index in [2.05, 4.69) is 9.88 Å². The molecule has 0 aromatic rings. The molecule has 0 spiro atoms. The summed E-state index contributed by atoms with van der Waals surface area (Å²) in [7, 11) is 0. The predicted molar refractivity (Wildman–Crippen MR) is 22.4 cm³/mol. The first-order chi connectivity index (χ1) is 3.72. The van der Waals surface area contributed by atoms with Crippen molar-refractivity contribution in [3.8, 4) is 0 Å². The third kappa shape index (κ3) is 4.56. The van der Waals surface area contributed by atoms with Gasteiger partial charge < -0.3 is 2.85 Å². The summed E-state index contributed by atoms with van der Waals surface area (Å²) in [5, 5.41) is 0. The zero-order valence-electron chi connectivity index (χ0n) is 6.10. The minimum absolute atomic E-state index is 0. The fraction of sp³-hybridized carbons (Fsp3) is 0. The number of halogens is 2. The van der Waals surface area contributed by atoms with E-state index in [0.29, 0.717) is 0 Å². The Bertz CT molecular complexity index is 109. The molecule has 7 heteroatoms. The molecule has 0 atom stereocenters. The summed E-state index contributed by atoms with van der Waals surface area (Å²) in [5.74, 6) is -4.04. The van der Waals surface area contributed by atoms with Gasteiger partial charge in [0.25, 0.3) is 0 Å². The Morgan fingerprint density at radius 3 is 1.44 bits per heavy atom. The Kier molecular flexibility index (Phi) is 8.11. The molecule has 0 radical (unpaired) electrons. The van der Waals surface area contributed by atoms with Crippen molar-refractivity contribution < 1.29 is 31.4 Å². The Labute approximate surface area is 80.9 Å². The molecule has 0 aromatic heterocycles. The summed E-state index contributed by atoms with van der Waals surface area (Å²) in [6.45, 7) is 0. The van der Waals surface area contributed by atoms with Crippen LogP contribution in [0.5, 0.6) is 0 Å². The van der Waals surface area contributed by atoms with Gasteiger partial charge in [-0.1, -0.05) is 0 Å². The van der Waals surface area contributed by atoms with Crippen LogP contribution in [0.25, 0.3) is 0 Å². The van der Waals surface area contributed by atoms with E-state index in [0.717, 1.165) is 0 Å². The molecule has 0 amide bonds. The molecule has 0 rings (SSSR count). The predicted octanol–water partition coefficient (Wildman–Crippen LogP) is -0.314. The van der Waals surface area contributed by atoms with E-state index in [-0.39, 0.29) is 40.6 Å². The van der Waals surface area contributed by atoms with Crippen LogP contribution < -0.4 is 0 Å². The zero-order chi connectivity index (χ0) is 6.57. The number of carbonyl (C=O) groups excluding carboxylic acids is 2. The fourth-order valence-electron chi connectivity index (χ4n) is 0.0630. The Hall–Kier alpha value is 0.0597. The average molecular weight is 168 g/mol. The van der Waals surface area contributed by atoms with Gasteiger partial charge in [0, 0.05) is 9.05 Å². The van der Waals surface area contributed by atoms with E-state index in [4.69, 9.17) is 0 Å². The van der Waals surface area contributed by atoms with Gasteiger partial charge in [0.2, 0.25) is 0 Å². The maximum Gasteiger partial charge on any atom is 2.00 e. The summed E-state index contributed by atoms with van der Waals surface area (Å²) in [4.78, 5) is 23.4. The number of hydrogen-bond donors (Lipinski definition) is 0. The van der Waals surface area contributed by atoms with Crippen molar-refractivity contribution >= 4 is 49.7 Å². The number of rotatable bonds is 0. The maximum absolute atomic E-state index is 10.5.